The topological polar surface area (TPSA) is 82.1 Å². The molecular weight excluding hydrogens is 333 g/mol. The molecule has 2 aromatic carbocycles. The van der Waals surface area contributed by atoms with Crippen molar-refractivity contribution < 1.29 is 23.5 Å². The Labute approximate surface area is 140 Å². The fourth-order valence-corrected chi connectivity index (χ4v) is 2.73. The third-order valence-corrected chi connectivity index (χ3v) is 4.08. The number of para-hydroxylation sites is 2. The minimum absolute atomic E-state index is 0.0857. The van der Waals surface area contributed by atoms with Crippen LogP contribution in [0.3, 0.4) is 0 Å². The fraction of sp³-hybridized carbons (Fsp3) is 0.0625. The molecule has 0 radical (unpaired) electrons. The predicted molar refractivity (Wildman–Crippen MR) is 83.2 cm³/mol. The molecule has 1 amide bonds. The molecule has 0 unspecified atom stereocenters. The number of amides is 1. The lowest BCUT2D eigenvalue weighted by molar-refractivity contribution is -0.705. The maximum absolute atomic E-state index is 13.5. The van der Waals surface area contributed by atoms with Gasteiger partial charge in [-0.1, -0.05) is 30.3 Å². The summed E-state index contributed by atoms with van der Waals surface area (Å²) >= 11 is 0.968. The number of thioether (sulfide) groups is 1. The Morgan fingerprint density at radius 3 is 2.67 bits per heavy atom. The van der Waals surface area contributed by atoms with Crippen molar-refractivity contribution in [2.75, 3.05) is 11.1 Å². The molecule has 3 rings (SSSR count). The van der Waals surface area contributed by atoms with Crippen LogP contribution < -0.4 is 15.1 Å². The Morgan fingerprint density at radius 2 is 1.92 bits per heavy atom. The highest BCUT2D eigenvalue weighted by atomic mass is 32.2. The monoisotopic (exact) mass is 345 g/mol. The van der Waals surface area contributed by atoms with Gasteiger partial charge in [-0.15, -0.1) is 0 Å². The van der Waals surface area contributed by atoms with Crippen LogP contribution in [0.4, 0.5) is 10.1 Å². The molecular formula is C16H12FN3O3S. The molecule has 0 aliphatic carbocycles. The number of nitrogens with one attached hydrogen (secondary N) is 1. The SMILES string of the molecule is O=C(CSc1c([O-])on[n+]1-c1ccccc1)Nc1ccccc1F. The second kappa shape index (κ2) is 7.14. The van der Waals surface area contributed by atoms with E-state index in [2.05, 4.69) is 15.1 Å². The van der Waals surface area contributed by atoms with Gasteiger partial charge in [0.05, 0.1) is 16.7 Å². The smallest absolute Gasteiger partial charge is 0.298 e. The average molecular weight is 345 g/mol. The third-order valence-electron chi connectivity index (χ3n) is 3.06. The van der Waals surface area contributed by atoms with Gasteiger partial charge >= 0.3 is 0 Å². The maximum atomic E-state index is 13.5. The Balaban J connectivity index is 1.70. The Hall–Kier alpha value is -2.87. The van der Waals surface area contributed by atoms with E-state index >= 15 is 0 Å². The zero-order valence-corrected chi connectivity index (χ0v) is 13.1. The number of carbonyl (C=O) groups is 1. The van der Waals surface area contributed by atoms with Crippen molar-refractivity contribution in [2.24, 2.45) is 0 Å². The molecule has 1 aromatic heterocycles. The number of hydrogen-bond donors (Lipinski definition) is 1. The number of nitrogens with zero attached hydrogens (tertiary/aromatic N) is 2. The molecule has 0 atom stereocenters. The molecule has 0 bridgehead atoms. The van der Waals surface area contributed by atoms with Crippen LogP contribution in [0.1, 0.15) is 0 Å². The van der Waals surface area contributed by atoms with Crippen LogP contribution in [0, 0.1) is 5.82 Å². The molecule has 122 valence electrons. The van der Waals surface area contributed by atoms with E-state index in [-0.39, 0.29) is 16.5 Å². The van der Waals surface area contributed by atoms with Gasteiger partial charge in [-0.05, 0) is 28.6 Å². The van der Waals surface area contributed by atoms with Crippen molar-refractivity contribution in [3.63, 3.8) is 0 Å². The Morgan fingerprint density at radius 1 is 1.21 bits per heavy atom. The van der Waals surface area contributed by atoms with Gasteiger partial charge < -0.3 is 14.9 Å². The second-order valence-electron chi connectivity index (χ2n) is 4.73. The highest BCUT2D eigenvalue weighted by molar-refractivity contribution is 7.99. The quantitative estimate of drug-likeness (QED) is 0.564. The highest BCUT2D eigenvalue weighted by Gasteiger charge is 2.22. The lowest BCUT2D eigenvalue weighted by atomic mass is 10.3. The minimum Gasteiger partial charge on any atom is -0.538 e. The molecule has 24 heavy (non-hydrogen) atoms. The number of aromatic nitrogens is 2. The summed E-state index contributed by atoms with van der Waals surface area (Å²) in [4.78, 5) is 12.0. The minimum atomic E-state index is -0.637. The maximum Gasteiger partial charge on any atom is 0.298 e. The molecule has 0 aliphatic heterocycles. The van der Waals surface area contributed by atoms with E-state index < -0.39 is 17.7 Å². The normalized spacial score (nSPS) is 10.5. The standard InChI is InChI=1S/C16H12FN3O3S/c17-12-8-4-5-9-13(12)18-14(21)10-24-15-16(22)23-19-20(15)11-6-2-1-3-7-11/h1-9H,10H2,(H-,18,19,21,22). The van der Waals surface area contributed by atoms with Crippen LogP contribution in [-0.4, -0.2) is 16.9 Å². The summed E-state index contributed by atoms with van der Waals surface area (Å²) in [7, 11) is 0. The molecule has 3 aromatic rings. The molecule has 1 heterocycles. The average Bonchev–Trinajstić information content (AvgIpc) is 2.97. The van der Waals surface area contributed by atoms with E-state index in [4.69, 9.17) is 0 Å². The third kappa shape index (κ3) is 3.54. The van der Waals surface area contributed by atoms with E-state index in [0.29, 0.717) is 5.69 Å². The van der Waals surface area contributed by atoms with Gasteiger partial charge in [0.1, 0.15) is 5.82 Å². The van der Waals surface area contributed by atoms with E-state index in [1.54, 1.807) is 30.3 Å². The van der Waals surface area contributed by atoms with Crippen LogP contribution in [0.15, 0.2) is 64.1 Å². The van der Waals surface area contributed by atoms with Crippen molar-refractivity contribution in [1.82, 2.24) is 5.27 Å². The van der Waals surface area contributed by atoms with Crippen LogP contribution in [0.25, 0.3) is 5.69 Å². The molecule has 0 saturated heterocycles. The summed E-state index contributed by atoms with van der Waals surface area (Å²) in [6.45, 7) is 0. The van der Waals surface area contributed by atoms with Gasteiger partial charge in [0.2, 0.25) is 11.6 Å². The first kappa shape index (κ1) is 16.0. The van der Waals surface area contributed by atoms with Crippen LogP contribution >= 0.6 is 11.8 Å². The highest BCUT2D eigenvalue weighted by Crippen LogP contribution is 2.23. The van der Waals surface area contributed by atoms with Crippen molar-refractivity contribution in [2.45, 2.75) is 5.03 Å². The Bertz CT molecular complexity index is 855. The number of carbonyl (C=O) groups excluding carboxylic acids is 1. The van der Waals surface area contributed by atoms with E-state index in [0.717, 1.165) is 11.8 Å². The van der Waals surface area contributed by atoms with E-state index in [9.17, 15) is 14.3 Å². The molecule has 8 heteroatoms. The summed E-state index contributed by atoms with van der Waals surface area (Å²) in [6.07, 6.45) is 0. The number of hydrogen-bond acceptors (Lipinski definition) is 5. The molecule has 0 fully saturated rings. The van der Waals surface area contributed by atoms with Crippen LogP contribution in [-0.2, 0) is 4.79 Å². The van der Waals surface area contributed by atoms with Gasteiger partial charge in [0, 0.05) is 12.1 Å². The lowest BCUT2D eigenvalue weighted by Gasteiger charge is -2.05. The zero-order chi connectivity index (χ0) is 16.9. The largest absolute Gasteiger partial charge is 0.538 e. The number of halogens is 1. The first-order valence-corrected chi connectivity index (χ1v) is 7.95. The van der Waals surface area contributed by atoms with E-state index in [1.807, 2.05) is 6.07 Å². The number of rotatable bonds is 5. The van der Waals surface area contributed by atoms with Crippen LogP contribution in [0.2, 0.25) is 0 Å². The molecule has 0 saturated carbocycles. The zero-order valence-electron chi connectivity index (χ0n) is 12.3. The summed E-state index contributed by atoms with van der Waals surface area (Å²) in [5, 5.41) is 18.1. The van der Waals surface area contributed by atoms with Crippen molar-refractivity contribution in [3.8, 4) is 11.6 Å². The molecule has 6 nitrogen and oxygen atoms in total. The first-order valence-electron chi connectivity index (χ1n) is 6.97. The number of anilines is 1. The Kier molecular flexibility index (Phi) is 4.76. The lowest BCUT2D eigenvalue weighted by Crippen LogP contribution is -2.35. The van der Waals surface area contributed by atoms with Gasteiger partial charge in [-0.3, -0.25) is 4.79 Å². The van der Waals surface area contributed by atoms with E-state index in [1.165, 1.54) is 22.9 Å². The van der Waals surface area contributed by atoms with Crippen molar-refractivity contribution in [3.05, 3.63) is 60.4 Å². The molecule has 0 spiro atoms. The van der Waals surface area contributed by atoms with Gasteiger partial charge in [-0.2, -0.15) is 0 Å². The summed E-state index contributed by atoms with van der Waals surface area (Å²) in [5.74, 6) is -1.69. The second-order valence-corrected chi connectivity index (χ2v) is 5.69. The summed E-state index contributed by atoms with van der Waals surface area (Å²) < 4.78 is 19.5. The van der Waals surface area contributed by atoms with Crippen molar-refractivity contribution in [1.29, 1.82) is 0 Å². The predicted octanol–water partition coefficient (Wildman–Crippen LogP) is 1.89. The summed E-state index contributed by atoms with van der Waals surface area (Å²) in [5.41, 5.74) is 0.729. The number of benzene rings is 2. The van der Waals surface area contributed by atoms with Gasteiger partial charge in [0.25, 0.3) is 5.03 Å². The van der Waals surface area contributed by atoms with Gasteiger partial charge in [0.15, 0.2) is 5.95 Å². The van der Waals surface area contributed by atoms with Crippen molar-refractivity contribution >= 4 is 23.4 Å². The summed E-state index contributed by atoms with van der Waals surface area (Å²) in [6, 6.07) is 14.8. The fourth-order valence-electron chi connectivity index (χ4n) is 1.98. The molecule has 0 aliphatic rings. The first-order chi connectivity index (χ1) is 11.6. The van der Waals surface area contributed by atoms with Gasteiger partial charge in [-0.25, -0.2) is 4.39 Å². The van der Waals surface area contributed by atoms with Crippen LogP contribution in [0.5, 0.6) is 5.95 Å². The molecule has 1 N–H and O–H groups in total.